The summed E-state index contributed by atoms with van der Waals surface area (Å²) in [6, 6.07) is 0.720. The smallest absolute Gasteiger partial charge is 0.0107 e. The van der Waals surface area contributed by atoms with E-state index in [0.717, 1.165) is 6.04 Å². The number of rotatable bonds is 6. The maximum Gasteiger partial charge on any atom is 0.0107 e. The highest BCUT2D eigenvalue weighted by atomic mass is 15.2. The van der Waals surface area contributed by atoms with Crippen LogP contribution in [0.4, 0.5) is 0 Å². The summed E-state index contributed by atoms with van der Waals surface area (Å²) in [7, 11) is 2.07. The number of hydrogen-bond donors (Lipinski definition) is 2. The first kappa shape index (κ1) is 12.0. The molecule has 0 aromatic carbocycles. The van der Waals surface area contributed by atoms with E-state index in [2.05, 4.69) is 29.5 Å². The zero-order valence-electron chi connectivity index (χ0n) is 9.68. The molecule has 84 valence electrons. The van der Waals surface area contributed by atoms with Gasteiger partial charge in [0.15, 0.2) is 0 Å². The van der Waals surface area contributed by atoms with E-state index in [-0.39, 0.29) is 0 Å². The lowest BCUT2D eigenvalue weighted by molar-refractivity contribution is 0.233. The minimum absolute atomic E-state index is 0.720. The Morgan fingerprint density at radius 1 is 1.36 bits per heavy atom. The first-order chi connectivity index (χ1) is 6.86. The van der Waals surface area contributed by atoms with Crippen molar-refractivity contribution < 1.29 is 0 Å². The summed E-state index contributed by atoms with van der Waals surface area (Å²) in [5, 5.41) is 6.74. The molecule has 3 nitrogen and oxygen atoms in total. The zero-order chi connectivity index (χ0) is 10.2. The Morgan fingerprint density at radius 3 is 2.64 bits per heavy atom. The minimum atomic E-state index is 0.720. The molecule has 1 atom stereocenters. The van der Waals surface area contributed by atoms with Crippen LogP contribution in [0, 0.1) is 0 Å². The molecule has 0 amide bonds. The van der Waals surface area contributed by atoms with Crippen LogP contribution in [0.3, 0.4) is 0 Å². The van der Waals surface area contributed by atoms with E-state index in [9.17, 15) is 0 Å². The fraction of sp³-hybridized carbons (Fsp3) is 1.00. The quantitative estimate of drug-likeness (QED) is 0.658. The predicted molar refractivity (Wildman–Crippen MR) is 61.7 cm³/mol. The van der Waals surface area contributed by atoms with Crippen molar-refractivity contribution in [3.05, 3.63) is 0 Å². The van der Waals surface area contributed by atoms with Crippen LogP contribution < -0.4 is 10.6 Å². The van der Waals surface area contributed by atoms with E-state index in [4.69, 9.17) is 0 Å². The number of piperazine rings is 1. The molecule has 1 aliphatic heterocycles. The number of nitrogens with one attached hydrogen (secondary N) is 2. The largest absolute Gasteiger partial charge is 0.317 e. The van der Waals surface area contributed by atoms with Crippen LogP contribution in [0.25, 0.3) is 0 Å². The third-order valence-corrected chi connectivity index (χ3v) is 3.14. The fourth-order valence-corrected chi connectivity index (χ4v) is 2.05. The third kappa shape index (κ3) is 4.40. The molecule has 0 aromatic heterocycles. The lowest BCUT2D eigenvalue weighted by Gasteiger charge is -2.27. The van der Waals surface area contributed by atoms with Crippen LogP contribution in [0.2, 0.25) is 0 Å². The van der Waals surface area contributed by atoms with Gasteiger partial charge in [-0.05, 0) is 32.9 Å². The zero-order valence-corrected chi connectivity index (χ0v) is 9.68. The van der Waals surface area contributed by atoms with Crippen molar-refractivity contribution in [1.29, 1.82) is 0 Å². The molecule has 2 N–H and O–H groups in total. The van der Waals surface area contributed by atoms with Gasteiger partial charge in [0.2, 0.25) is 0 Å². The van der Waals surface area contributed by atoms with Gasteiger partial charge in [-0.3, -0.25) is 0 Å². The highest BCUT2D eigenvalue weighted by Gasteiger charge is 2.09. The van der Waals surface area contributed by atoms with Crippen molar-refractivity contribution >= 4 is 0 Å². The van der Waals surface area contributed by atoms with Crippen molar-refractivity contribution in [3.63, 3.8) is 0 Å². The van der Waals surface area contributed by atoms with Gasteiger partial charge in [0.05, 0.1) is 0 Å². The Bertz CT molecular complexity index is 128. The summed E-state index contributed by atoms with van der Waals surface area (Å²) >= 11 is 0. The summed E-state index contributed by atoms with van der Waals surface area (Å²) < 4.78 is 0. The molecule has 1 saturated heterocycles. The molecule has 3 heteroatoms. The van der Waals surface area contributed by atoms with Crippen molar-refractivity contribution in [2.75, 3.05) is 39.8 Å². The summed E-state index contributed by atoms with van der Waals surface area (Å²) in [6.07, 6.45) is 3.90. The van der Waals surface area contributed by atoms with E-state index in [1.54, 1.807) is 0 Å². The average molecular weight is 199 g/mol. The van der Waals surface area contributed by atoms with Crippen molar-refractivity contribution in [1.82, 2.24) is 15.5 Å². The topological polar surface area (TPSA) is 27.3 Å². The Balaban J connectivity index is 2.01. The van der Waals surface area contributed by atoms with Crippen LogP contribution in [0.5, 0.6) is 0 Å². The van der Waals surface area contributed by atoms with Crippen molar-refractivity contribution in [2.45, 2.75) is 32.2 Å². The number of nitrogens with zero attached hydrogens (tertiary/aromatic N) is 1. The normalized spacial score (nSPS) is 21.0. The Morgan fingerprint density at radius 2 is 2.07 bits per heavy atom. The maximum absolute atomic E-state index is 3.38. The number of hydrogen-bond acceptors (Lipinski definition) is 3. The first-order valence-electron chi connectivity index (χ1n) is 5.97. The van der Waals surface area contributed by atoms with Gasteiger partial charge in [-0.2, -0.15) is 0 Å². The van der Waals surface area contributed by atoms with Gasteiger partial charge >= 0.3 is 0 Å². The average Bonchev–Trinajstić information content (AvgIpc) is 2.26. The summed E-state index contributed by atoms with van der Waals surface area (Å²) in [5.74, 6) is 0. The SMILES string of the molecule is CCC(CCCN1CCNCC1)NC. The van der Waals surface area contributed by atoms with Gasteiger partial charge in [0.1, 0.15) is 0 Å². The van der Waals surface area contributed by atoms with Crippen LogP contribution in [0.1, 0.15) is 26.2 Å². The van der Waals surface area contributed by atoms with E-state index in [0.29, 0.717) is 0 Å². The molecule has 0 spiro atoms. The molecule has 0 bridgehead atoms. The molecule has 1 fully saturated rings. The second-order valence-electron chi connectivity index (χ2n) is 4.13. The van der Waals surface area contributed by atoms with Crippen LogP contribution in [-0.4, -0.2) is 50.7 Å². The highest BCUT2D eigenvalue weighted by Crippen LogP contribution is 2.03. The molecule has 0 aromatic rings. The van der Waals surface area contributed by atoms with E-state index in [1.165, 1.54) is 52.0 Å². The van der Waals surface area contributed by atoms with Crippen LogP contribution in [-0.2, 0) is 0 Å². The summed E-state index contributed by atoms with van der Waals surface area (Å²) in [6.45, 7) is 8.34. The molecule has 14 heavy (non-hydrogen) atoms. The lowest BCUT2D eigenvalue weighted by atomic mass is 10.1. The maximum atomic E-state index is 3.38. The lowest BCUT2D eigenvalue weighted by Crippen LogP contribution is -2.44. The molecule has 1 aliphatic rings. The molecule has 1 rings (SSSR count). The van der Waals surface area contributed by atoms with Gasteiger partial charge in [0.25, 0.3) is 0 Å². The molecule has 1 unspecified atom stereocenters. The third-order valence-electron chi connectivity index (χ3n) is 3.14. The standard InChI is InChI=1S/C11H25N3/c1-3-11(12-2)5-4-8-14-9-6-13-7-10-14/h11-13H,3-10H2,1-2H3. The van der Waals surface area contributed by atoms with Gasteiger partial charge in [-0.25, -0.2) is 0 Å². The second-order valence-corrected chi connectivity index (χ2v) is 4.13. The van der Waals surface area contributed by atoms with Gasteiger partial charge in [0, 0.05) is 32.2 Å². The first-order valence-corrected chi connectivity index (χ1v) is 5.97. The minimum Gasteiger partial charge on any atom is -0.317 e. The summed E-state index contributed by atoms with van der Waals surface area (Å²) in [5.41, 5.74) is 0. The Labute approximate surface area is 88.2 Å². The van der Waals surface area contributed by atoms with E-state index >= 15 is 0 Å². The van der Waals surface area contributed by atoms with E-state index in [1.807, 2.05) is 0 Å². The van der Waals surface area contributed by atoms with Crippen molar-refractivity contribution in [3.8, 4) is 0 Å². The monoisotopic (exact) mass is 199 g/mol. The molecule has 0 aliphatic carbocycles. The molecular formula is C11H25N3. The second kappa shape index (κ2) is 7.21. The van der Waals surface area contributed by atoms with Crippen molar-refractivity contribution in [2.24, 2.45) is 0 Å². The van der Waals surface area contributed by atoms with E-state index < -0.39 is 0 Å². The van der Waals surface area contributed by atoms with Gasteiger partial charge in [-0.1, -0.05) is 6.92 Å². The summed E-state index contributed by atoms with van der Waals surface area (Å²) in [4.78, 5) is 2.57. The predicted octanol–water partition coefficient (Wildman–Crippen LogP) is 0.670. The van der Waals surface area contributed by atoms with Crippen LogP contribution >= 0.6 is 0 Å². The van der Waals surface area contributed by atoms with Gasteiger partial charge in [-0.15, -0.1) is 0 Å². The molecule has 0 saturated carbocycles. The van der Waals surface area contributed by atoms with Crippen LogP contribution in [0.15, 0.2) is 0 Å². The fourth-order valence-electron chi connectivity index (χ4n) is 2.05. The highest BCUT2D eigenvalue weighted by molar-refractivity contribution is 4.69. The Kier molecular flexibility index (Phi) is 6.15. The van der Waals surface area contributed by atoms with Gasteiger partial charge < -0.3 is 15.5 Å². The molecule has 0 radical (unpaired) electrons. The Hall–Kier alpha value is -0.120. The molecule has 1 heterocycles. The molecular weight excluding hydrogens is 174 g/mol.